The molecule has 0 unspecified atom stereocenters. The number of aryl methyl sites for hydroxylation is 1. The number of rotatable bonds is 4. The zero-order valence-corrected chi connectivity index (χ0v) is 17.9. The fourth-order valence-corrected chi connectivity index (χ4v) is 4.19. The van der Waals surface area contributed by atoms with E-state index in [0.717, 1.165) is 6.07 Å². The summed E-state index contributed by atoms with van der Waals surface area (Å²) in [6.07, 6.45) is -0.168. The van der Waals surface area contributed by atoms with Gasteiger partial charge in [0, 0.05) is 42.6 Å². The molecule has 4 heterocycles. The Balaban J connectivity index is 1.63. The van der Waals surface area contributed by atoms with Crippen LogP contribution in [0.5, 0.6) is 17.2 Å². The molecule has 1 saturated heterocycles. The van der Waals surface area contributed by atoms with Gasteiger partial charge < -0.3 is 33.6 Å². The maximum absolute atomic E-state index is 13.1. The molecule has 10 heteroatoms. The van der Waals surface area contributed by atoms with E-state index in [1.165, 1.54) is 0 Å². The number of nitrogens with zero attached hydrogens (tertiary/aromatic N) is 1. The molecule has 2 aromatic heterocycles. The Hall–Kier alpha value is -3.79. The number of fused-ring (bicyclic) bond motifs is 2. The van der Waals surface area contributed by atoms with Crippen molar-refractivity contribution in [3.63, 3.8) is 0 Å². The Morgan fingerprint density at radius 3 is 2.61 bits per heavy atom. The number of aromatic amines is 1. The zero-order chi connectivity index (χ0) is 23.1. The van der Waals surface area contributed by atoms with Crippen molar-refractivity contribution in [3.05, 3.63) is 61.9 Å². The number of carbonyl (C=O) groups is 1. The smallest absolute Gasteiger partial charge is 0.252 e. The lowest BCUT2D eigenvalue weighted by Crippen LogP contribution is -2.41. The number of morpholine rings is 1. The first-order valence-electron chi connectivity index (χ1n) is 10.6. The van der Waals surface area contributed by atoms with Gasteiger partial charge in [0.25, 0.3) is 5.56 Å². The molecule has 172 valence electrons. The van der Waals surface area contributed by atoms with E-state index < -0.39 is 22.7 Å². The molecule has 0 radical (unpaired) electrons. The lowest BCUT2D eigenvalue weighted by molar-refractivity contribution is -0.135. The Labute approximate surface area is 187 Å². The molecule has 10 nitrogen and oxygen atoms in total. The molecular weight excluding hydrogens is 432 g/mol. The van der Waals surface area contributed by atoms with Gasteiger partial charge in [-0.05, 0) is 19.1 Å². The normalized spacial score (nSPS) is 16.2. The topological polar surface area (TPSA) is 131 Å². The third kappa shape index (κ3) is 3.93. The van der Waals surface area contributed by atoms with Crippen molar-refractivity contribution in [2.24, 2.45) is 0 Å². The number of amides is 1. The first-order chi connectivity index (χ1) is 15.9. The van der Waals surface area contributed by atoms with E-state index in [4.69, 9.17) is 18.6 Å². The van der Waals surface area contributed by atoms with Gasteiger partial charge in [-0.25, -0.2) is 0 Å². The van der Waals surface area contributed by atoms with Gasteiger partial charge in [0.1, 0.15) is 5.76 Å². The van der Waals surface area contributed by atoms with Gasteiger partial charge in [0.2, 0.25) is 23.9 Å². The molecule has 0 aliphatic carbocycles. The highest BCUT2D eigenvalue weighted by Crippen LogP contribution is 2.37. The van der Waals surface area contributed by atoms with E-state index in [1.54, 1.807) is 30.0 Å². The first kappa shape index (κ1) is 21.1. The zero-order valence-electron chi connectivity index (χ0n) is 17.9. The number of hydrogen-bond donors (Lipinski definition) is 2. The molecule has 2 N–H and O–H groups in total. The molecule has 3 aromatic rings. The van der Waals surface area contributed by atoms with E-state index in [2.05, 4.69) is 4.98 Å². The van der Waals surface area contributed by atoms with Crippen LogP contribution in [0.4, 0.5) is 0 Å². The fraction of sp³-hybridized carbons (Fsp3) is 0.348. The van der Waals surface area contributed by atoms with Gasteiger partial charge in [-0.3, -0.25) is 14.4 Å². The number of benzene rings is 1. The minimum atomic E-state index is -0.980. The van der Waals surface area contributed by atoms with Crippen LogP contribution in [0.1, 0.15) is 29.4 Å². The van der Waals surface area contributed by atoms with Crippen molar-refractivity contribution in [1.29, 1.82) is 0 Å². The van der Waals surface area contributed by atoms with Crippen molar-refractivity contribution in [2.75, 3.05) is 33.1 Å². The number of pyridine rings is 1. The molecule has 1 atom stereocenters. The summed E-state index contributed by atoms with van der Waals surface area (Å²) in [6, 6.07) is 6.17. The van der Waals surface area contributed by atoms with E-state index in [0.29, 0.717) is 48.7 Å². The van der Waals surface area contributed by atoms with Crippen LogP contribution in [0, 0.1) is 6.92 Å². The largest absolute Gasteiger partial charge is 0.502 e. The van der Waals surface area contributed by atoms with Crippen LogP contribution in [0.3, 0.4) is 0 Å². The summed E-state index contributed by atoms with van der Waals surface area (Å²) in [6.45, 7) is 3.34. The third-order valence-corrected chi connectivity index (χ3v) is 5.87. The molecule has 5 rings (SSSR count). The Bertz CT molecular complexity index is 1350. The molecule has 2 aliphatic heterocycles. The van der Waals surface area contributed by atoms with Crippen LogP contribution in [0.25, 0.3) is 10.9 Å². The highest BCUT2D eigenvalue weighted by atomic mass is 16.7. The molecule has 2 aliphatic rings. The summed E-state index contributed by atoms with van der Waals surface area (Å²) >= 11 is 0. The van der Waals surface area contributed by atoms with Crippen LogP contribution < -0.4 is 20.5 Å². The number of aromatic nitrogens is 1. The van der Waals surface area contributed by atoms with Crippen LogP contribution in [0.2, 0.25) is 0 Å². The van der Waals surface area contributed by atoms with Gasteiger partial charge in [-0.2, -0.15) is 0 Å². The predicted molar refractivity (Wildman–Crippen MR) is 116 cm³/mol. The van der Waals surface area contributed by atoms with Gasteiger partial charge >= 0.3 is 0 Å². The predicted octanol–water partition coefficient (Wildman–Crippen LogP) is 1.60. The SMILES string of the molecule is Cc1cc(=O)c(O)c([C@H](CC(=O)N2CCOCC2)c2cc3cc4c(cc3[nH]c2=O)OCO4)o1. The monoisotopic (exact) mass is 454 g/mol. The lowest BCUT2D eigenvalue weighted by Gasteiger charge is -2.28. The number of hydrogen-bond acceptors (Lipinski definition) is 8. The second-order valence-electron chi connectivity index (χ2n) is 8.03. The van der Waals surface area contributed by atoms with E-state index in [9.17, 15) is 19.5 Å². The number of H-pyrrole nitrogens is 1. The third-order valence-electron chi connectivity index (χ3n) is 5.87. The van der Waals surface area contributed by atoms with Gasteiger partial charge in [0.05, 0.1) is 24.6 Å². The van der Waals surface area contributed by atoms with Gasteiger partial charge in [-0.15, -0.1) is 0 Å². The minimum absolute atomic E-state index is 0.0851. The summed E-state index contributed by atoms with van der Waals surface area (Å²) in [5, 5.41) is 11.2. The van der Waals surface area contributed by atoms with Crippen LogP contribution in [0.15, 0.2) is 38.3 Å². The van der Waals surface area contributed by atoms with E-state index in [1.807, 2.05) is 0 Å². The summed E-state index contributed by atoms with van der Waals surface area (Å²) in [5.74, 6) is -0.642. The summed E-state index contributed by atoms with van der Waals surface area (Å²) in [7, 11) is 0. The summed E-state index contributed by atoms with van der Waals surface area (Å²) in [4.78, 5) is 42.9. The van der Waals surface area contributed by atoms with Crippen molar-refractivity contribution in [2.45, 2.75) is 19.3 Å². The average molecular weight is 454 g/mol. The van der Waals surface area contributed by atoms with E-state index in [-0.39, 0.29) is 36.2 Å². The maximum atomic E-state index is 13.1. The minimum Gasteiger partial charge on any atom is -0.502 e. The van der Waals surface area contributed by atoms with Gasteiger partial charge in [-0.1, -0.05) is 0 Å². The van der Waals surface area contributed by atoms with Gasteiger partial charge in [0.15, 0.2) is 17.3 Å². The highest BCUT2D eigenvalue weighted by Gasteiger charge is 2.31. The Kier molecular flexibility index (Phi) is 5.29. The number of nitrogens with one attached hydrogen (secondary N) is 1. The van der Waals surface area contributed by atoms with Crippen LogP contribution in [-0.2, 0) is 9.53 Å². The first-order valence-corrected chi connectivity index (χ1v) is 10.6. The van der Waals surface area contributed by atoms with E-state index >= 15 is 0 Å². The van der Waals surface area contributed by atoms with Crippen molar-refractivity contribution >= 4 is 16.8 Å². The standard InChI is InChI=1S/C23H22N2O8/c1-12-6-17(26)21(28)22(33-12)14(9-20(27)25-2-4-30-5-3-25)15-7-13-8-18-19(32-11-31-18)10-16(13)24-23(15)29/h6-8,10,14,28H,2-5,9,11H2,1H3,(H,24,29)/t14-/m1/s1. The Morgan fingerprint density at radius 1 is 1.12 bits per heavy atom. The molecule has 0 spiro atoms. The van der Waals surface area contributed by atoms with Crippen molar-refractivity contribution in [3.8, 4) is 17.2 Å². The lowest BCUT2D eigenvalue weighted by atomic mass is 9.91. The van der Waals surface area contributed by atoms with Crippen molar-refractivity contribution in [1.82, 2.24) is 9.88 Å². The number of ether oxygens (including phenoxy) is 3. The average Bonchev–Trinajstić information content (AvgIpc) is 3.26. The van der Waals surface area contributed by atoms with Crippen molar-refractivity contribution < 1.29 is 28.5 Å². The molecule has 0 bridgehead atoms. The quantitative estimate of drug-likeness (QED) is 0.608. The maximum Gasteiger partial charge on any atom is 0.252 e. The summed E-state index contributed by atoms with van der Waals surface area (Å²) < 4.78 is 21.8. The second kappa shape index (κ2) is 8.28. The van der Waals surface area contributed by atoms with Crippen LogP contribution >= 0.6 is 0 Å². The molecular formula is C23H22N2O8. The molecule has 1 aromatic carbocycles. The highest BCUT2D eigenvalue weighted by molar-refractivity contribution is 5.84. The Morgan fingerprint density at radius 2 is 1.85 bits per heavy atom. The molecule has 1 fully saturated rings. The second-order valence-corrected chi connectivity index (χ2v) is 8.03. The van der Waals surface area contributed by atoms with Crippen LogP contribution in [-0.4, -0.2) is 54.0 Å². The summed E-state index contributed by atoms with van der Waals surface area (Å²) in [5.41, 5.74) is -0.393. The number of aromatic hydroxyl groups is 1. The molecule has 1 amide bonds. The molecule has 0 saturated carbocycles. The number of carbonyl (C=O) groups excluding carboxylic acids is 1. The molecule has 33 heavy (non-hydrogen) atoms. The fourth-order valence-electron chi connectivity index (χ4n) is 4.19.